The van der Waals surface area contributed by atoms with E-state index in [9.17, 15) is 14.4 Å². The number of aromatic amines is 1. The Morgan fingerprint density at radius 3 is 2.52 bits per heavy atom. The number of aromatic nitrogens is 1. The van der Waals surface area contributed by atoms with Gasteiger partial charge in [-0.05, 0) is 52.8 Å². The van der Waals surface area contributed by atoms with Crippen LogP contribution in [0.15, 0.2) is 27.8 Å². The van der Waals surface area contributed by atoms with E-state index in [1.807, 2.05) is 26.6 Å². The fourth-order valence-electron chi connectivity index (χ4n) is 4.30. The average Bonchev–Trinajstić information content (AvgIpc) is 3.20. The summed E-state index contributed by atoms with van der Waals surface area (Å²) in [6, 6.07) is 1.97. The molecule has 1 saturated heterocycles. The average molecular weight is 414 g/mol. The second-order valence-corrected chi connectivity index (χ2v) is 8.71. The second kappa shape index (κ2) is 8.95. The molecule has 0 atom stereocenters. The number of pyridine rings is 1. The van der Waals surface area contributed by atoms with Gasteiger partial charge < -0.3 is 14.8 Å². The molecule has 0 radical (unpaired) electrons. The minimum atomic E-state index is -0.311. The third-order valence-electron chi connectivity index (χ3n) is 5.93. The van der Waals surface area contributed by atoms with Crippen LogP contribution in [0.4, 0.5) is 0 Å². The first-order valence-corrected chi connectivity index (χ1v) is 11.4. The van der Waals surface area contributed by atoms with E-state index < -0.39 is 0 Å². The van der Waals surface area contributed by atoms with Crippen molar-refractivity contribution in [2.75, 3.05) is 19.6 Å². The van der Waals surface area contributed by atoms with Crippen molar-refractivity contribution in [3.8, 4) is 0 Å². The summed E-state index contributed by atoms with van der Waals surface area (Å²) < 4.78 is 0. The number of hydrogen-bond acceptors (Lipinski definition) is 4. The van der Waals surface area contributed by atoms with Crippen molar-refractivity contribution < 1.29 is 9.59 Å². The van der Waals surface area contributed by atoms with Crippen LogP contribution in [0.5, 0.6) is 0 Å². The Labute approximate surface area is 174 Å². The highest BCUT2D eigenvalue weighted by atomic mass is 32.1. The van der Waals surface area contributed by atoms with E-state index in [0.717, 1.165) is 42.4 Å². The van der Waals surface area contributed by atoms with Gasteiger partial charge in [0.1, 0.15) is 5.56 Å². The molecule has 0 aliphatic carbocycles. The molecule has 2 amide bonds. The Bertz CT molecular complexity index is 927. The van der Waals surface area contributed by atoms with Gasteiger partial charge >= 0.3 is 0 Å². The van der Waals surface area contributed by atoms with Gasteiger partial charge in [-0.2, -0.15) is 11.3 Å². The summed E-state index contributed by atoms with van der Waals surface area (Å²) >= 11 is 1.59. The molecule has 0 aromatic carbocycles. The number of nitrogens with one attached hydrogen (secondary N) is 1. The predicted octanol–water partition coefficient (Wildman–Crippen LogP) is 2.97. The molecule has 0 bridgehead atoms. The number of thiophene rings is 1. The lowest BCUT2D eigenvalue weighted by atomic mass is 9.95. The summed E-state index contributed by atoms with van der Waals surface area (Å²) in [5.74, 6) is -0.0695. The Hall–Kier alpha value is -2.41. The molecule has 0 spiro atoms. The molecule has 2 aromatic heterocycles. The van der Waals surface area contributed by atoms with Gasteiger partial charge in [0.15, 0.2) is 0 Å². The zero-order chi connectivity index (χ0) is 20.2. The lowest BCUT2D eigenvalue weighted by molar-refractivity contribution is -0.131. The van der Waals surface area contributed by atoms with Crippen molar-refractivity contribution in [1.82, 2.24) is 14.8 Å². The Morgan fingerprint density at radius 2 is 1.79 bits per heavy atom. The highest BCUT2D eigenvalue weighted by Gasteiger charge is 2.29. The van der Waals surface area contributed by atoms with Crippen molar-refractivity contribution >= 4 is 23.2 Å². The molecule has 1 N–H and O–H groups in total. The van der Waals surface area contributed by atoms with Crippen LogP contribution in [-0.2, 0) is 24.2 Å². The highest BCUT2D eigenvalue weighted by molar-refractivity contribution is 7.08. The van der Waals surface area contributed by atoms with Crippen LogP contribution in [0.25, 0.3) is 0 Å². The van der Waals surface area contributed by atoms with Gasteiger partial charge in [0.05, 0.1) is 6.42 Å². The number of amides is 2. The van der Waals surface area contributed by atoms with Crippen LogP contribution in [0.2, 0.25) is 0 Å². The molecule has 0 saturated carbocycles. The summed E-state index contributed by atoms with van der Waals surface area (Å²) in [5.41, 5.74) is 2.70. The Morgan fingerprint density at radius 1 is 1.03 bits per heavy atom. The van der Waals surface area contributed by atoms with Crippen LogP contribution in [0.1, 0.15) is 59.2 Å². The van der Waals surface area contributed by atoms with Gasteiger partial charge in [0, 0.05) is 32.4 Å². The maximum absolute atomic E-state index is 13.2. The van der Waals surface area contributed by atoms with Gasteiger partial charge in [0.2, 0.25) is 5.91 Å². The Kier molecular flexibility index (Phi) is 6.13. The third kappa shape index (κ3) is 4.45. The number of hydrogen-bond donors (Lipinski definition) is 1. The first-order valence-electron chi connectivity index (χ1n) is 10.4. The summed E-state index contributed by atoms with van der Waals surface area (Å²) in [6.07, 6.45) is 8.07. The summed E-state index contributed by atoms with van der Waals surface area (Å²) in [6.45, 7) is 2.41. The van der Waals surface area contributed by atoms with Crippen LogP contribution in [0, 0.1) is 0 Å². The summed E-state index contributed by atoms with van der Waals surface area (Å²) in [5, 5.41) is 3.97. The van der Waals surface area contributed by atoms with Crippen LogP contribution < -0.4 is 5.56 Å². The number of carbonyl (C=O) groups excluding carboxylic acids is 2. The van der Waals surface area contributed by atoms with Crippen molar-refractivity contribution in [3.05, 3.63) is 55.6 Å². The van der Waals surface area contributed by atoms with Crippen LogP contribution >= 0.6 is 11.3 Å². The van der Waals surface area contributed by atoms with E-state index >= 15 is 0 Å². The first-order chi connectivity index (χ1) is 14.1. The quantitative estimate of drug-likeness (QED) is 0.841. The summed E-state index contributed by atoms with van der Waals surface area (Å²) in [7, 11) is 0. The smallest absolute Gasteiger partial charge is 0.261 e. The number of nitrogens with zero attached hydrogens (tertiary/aromatic N) is 2. The molecule has 6 nitrogen and oxygen atoms in total. The van der Waals surface area contributed by atoms with Gasteiger partial charge in [-0.15, -0.1) is 0 Å². The normalized spacial score (nSPS) is 17.4. The molecule has 2 aliphatic rings. The number of likely N-dealkylation sites (tertiary alicyclic amines) is 1. The third-order valence-corrected chi connectivity index (χ3v) is 6.66. The molecule has 4 rings (SSSR count). The Balaban J connectivity index is 1.53. The minimum Gasteiger partial charge on any atom is -0.338 e. The van der Waals surface area contributed by atoms with Gasteiger partial charge in [-0.1, -0.05) is 19.3 Å². The van der Waals surface area contributed by atoms with E-state index in [0.29, 0.717) is 39.0 Å². The number of rotatable bonds is 3. The molecule has 2 aliphatic heterocycles. The first kappa shape index (κ1) is 19.9. The van der Waals surface area contributed by atoms with E-state index in [1.165, 1.54) is 6.42 Å². The molecule has 154 valence electrons. The number of fused-ring (bicyclic) bond motifs is 1. The van der Waals surface area contributed by atoms with Crippen molar-refractivity contribution in [2.24, 2.45) is 0 Å². The maximum atomic E-state index is 13.2. The fourth-order valence-corrected chi connectivity index (χ4v) is 4.96. The monoisotopic (exact) mass is 413 g/mol. The lowest BCUT2D eigenvalue weighted by Gasteiger charge is -2.31. The van der Waals surface area contributed by atoms with E-state index in [1.54, 1.807) is 17.5 Å². The van der Waals surface area contributed by atoms with E-state index in [4.69, 9.17) is 0 Å². The standard InChI is InChI=1S/C22H27N3O3S/c26-19(12-16-7-11-29-15-16)25-10-6-18-17(14-25)13-23-21(27)20(18)22(28)24-8-4-2-1-3-5-9-24/h7,11,13,15H,1-6,8-10,12,14H2,(H,23,27). The van der Waals surface area contributed by atoms with E-state index in [-0.39, 0.29) is 22.9 Å². The summed E-state index contributed by atoms with van der Waals surface area (Å²) in [4.78, 5) is 44.9. The van der Waals surface area contributed by atoms with Gasteiger partial charge in [-0.25, -0.2) is 0 Å². The molecular weight excluding hydrogens is 386 g/mol. The maximum Gasteiger partial charge on any atom is 0.261 e. The largest absolute Gasteiger partial charge is 0.338 e. The predicted molar refractivity (Wildman–Crippen MR) is 113 cm³/mol. The highest BCUT2D eigenvalue weighted by Crippen LogP contribution is 2.23. The topological polar surface area (TPSA) is 73.5 Å². The van der Waals surface area contributed by atoms with Gasteiger partial charge in [-0.3, -0.25) is 14.4 Å². The van der Waals surface area contributed by atoms with E-state index in [2.05, 4.69) is 4.98 Å². The molecule has 4 heterocycles. The molecule has 29 heavy (non-hydrogen) atoms. The SMILES string of the molecule is O=C(Cc1ccsc1)N1CCc2c(c[nH]c(=O)c2C(=O)N2CCCCCCC2)C1. The zero-order valence-electron chi connectivity index (χ0n) is 16.6. The van der Waals surface area contributed by atoms with Crippen molar-refractivity contribution in [1.29, 1.82) is 0 Å². The van der Waals surface area contributed by atoms with Gasteiger partial charge in [0.25, 0.3) is 11.5 Å². The minimum absolute atomic E-state index is 0.0805. The van der Waals surface area contributed by atoms with Crippen LogP contribution in [0.3, 0.4) is 0 Å². The molecule has 7 heteroatoms. The molecule has 0 unspecified atom stereocenters. The number of H-pyrrole nitrogens is 1. The molecular formula is C22H27N3O3S. The van der Waals surface area contributed by atoms with Crippen LogP contribution in [-0.4, -0.2) is 46.2 Å². The molecule has 2 aromatic rings. The molecule has 1 fully saturated rings. The lowest BCUT2D eigenvalue weighted by Crippen LogP contribution is -2.42. The second-order valence-electron chi connectivity index (χ2n) is 7.93. The fraction of sp³-hybridized carbons (Fsp3) is 0.500. The zero-order valence-corrected chi connectivity index (χ0v) is 17.4. The van der Waals surface area contributed by atoms with Crippen molar-refractivity contribution in [2.45, 2.75) is 51.5 Å². The number of carbonyl (C=O) groups is 2. The van der Waals surface area contributed by atoms with Crippen molar-refractivity contribution in [3.63, 3.8) is 0 Å².